The first-order valence-electron chi connectivity index (χ1n) is 6.08. The summed E-state index contributed by atoms with van der Waals surface area (Å²) in [5.41, 5.74) is 0.548. The van der Waals surface area contributed by atoms with Crippen molar-refractivity contribution in [3.8, 4) is 5.75 Å². The molecule has 0 saturated carbocycles. The fourth-order valence-corrected chi connectivity index (χ4v) is 2.36. The lowest BCUT2D eigenvalue weighted by atomic mass is 10.3. The molecule has 2 rings (SSSR count). The molecular weight excluding hydrogens is 423 g/mol. The molecule has 0 bridgehead atoms. The number of carbonyl (C=O) groups is 1. The third-order valence-electron chi connectivity index (χ3n) is 2.63. The Morgan fingerprint density at radius 2 is 2.05 bits per heavy atom. The second kappa shape index (κ2) is 7.41. The summed E-state index contributed by atoms with van der Waals surface area (Å²) in [6.07, 6.45) is 0. The summed E-state index contributed by atoms with van der Waals surface area (Å²) >= 11 is 7.99. The maximum absolute atomic E-state index is 11.8. The Kier molecular flexibility index (Phi) is 5.56. The summed E-state index contributed by atoms with van der Waals surface area (Å²) < 4.78 is 6.18. The number of carbonyl (C=O) groups excluding carboxylic acids is 1. The summed E-state index contributed by atoms with van der Waals surface area (Å²) in [7, 11) is 0. The molecule has 2 aromatic rings. The average molecular weight is 433 g/mol. The topological polar surface area (TPSA) is 81.5 Å². The number of nitrogens with one attached hydrogen (secondary N) is 1. The Bertz CT molecular complexity index is 724. The highest BCUT2D eigenvalue weighted by Gasteiger charge is 2.12. The van der Waals surface area contributed by atoms with Crippen LogP contribution in [0.3, 0.4) is 0 Å². The van der Waals surface area contributed by atoms with Crippen LogP contribution in [0, 0.1) is 13.7 Å². The van der Waals surface area contributed by atoms with Gasteiger partial charge in [0.1, 0.15) is 5.75 Å². The summed E-state index contributed by atoms with van der Waals surface area (Å²) in [6.45, 7) is -0.248. The molecule has 2 aromatic carbocycles. The Labute approximate surface area is 144 Å². The smallest absolute Gasteiger partial charge is 0.271 e. The third-order valence-corrected chi connectivity index (χ3v) is 3.87. The van der Waals surface area contributed by atoms with Crippen LogP contribution in [0.2, 0.25) is 5.02 Å². The molecule has 0 aliphatic carbocycles. The lowest BCUT2D eigenvalue weighted by Crippen LogP contribution is -2.20. The van der Waals surface area contributed by atoms with Crippen molar-refractivity contribution in [2.45, 2.75) is 0 Å². The van der Waals surface area contributed by atoms with E-state index in [1.165, 1.54) is 18.2 Å². The molecule has 1 amide bonds. The molecular formula is C14H10ClIN2O4. The van der Waals surface area contributed by atoms with Gasteiger partial charge in [0, 0.05) is 15.7 Å². The monoisotopic (exact) mass is 432 g/mol. The van der Waals surface area contributed by atoms with Crippen LogP contribution in [-0.4, -0.2) is 17.4 Å². The molecule has 8 heteroatoms. The summed E-state index contributed by atoms with van der Waals surface area (Å²) in [4.78, 5) is 21.9. The number of nitro benzene ring substituents is 1. The second-order valence-corrected chi connectivity index (χ2v) is 5.76. The van der Waals surface area contributed by atoms with E-state index in [2.05, 4.69) is 27.9 Å². The van der Waals surface area contributed by atoms with Crippen molar-refractivity contribution in [2.24, 2.45) is 0 Å². The zero-order valence-corrected chi connectivity index (χ0v) is 14.0. The highest BCUT2D eigenvalue weighted by molar-refractivity contribution is 14.1. The van der Waals surface area contributed by atoms with Gasteiger partial charge in [0.25, 0.3) is 11.6 Å². The first-order chi connectivity index (χ1) is 10.5. The van der Waals surface area contributed by atoms with E-state index in [1.807, 2.05) is 18.2 Å². The van der Waals surface area contributed by atoms with Gasteiger partial charge in [0.2, 0.25) is 0 Å². The second-order valence-electron chi connectivity index (χ2n) is 4.19. The van der Waals surface area contributed by atoms with Gasteiger partial charge >= 0.3 is 0 Å². The molecule has 0 unspecified atom stereocenters. The molecule has 0 heterocycles. The SMILES string of the molecule is O=C(COc1ccc([N+](=O)[O-])cc1Cl)Nc1ccccc1I. The minimum absolute atomic E-state index is 0.0799. The van der Waals surface area contributed by atoms with E-state index < -0.39 is 4.92 Å². The van der Waals surface area contributed by atoms with Gasteiger partial charge in [-0.1, -0.05) is 23.7 Å². The average Bonchev–Trinajstić information content (AvgIpc) is 2.48. The van der Waals surface area contributed by atoms with Crippen molar-refractivity contribution >= 4 is 51.5 Å². The number of nitrogens with zero attached hydrogens (tertiary/aromatic N) is 1. The Morgan fingerprint density at radius 3 is 2.68 bits per heavy atom. The van der Waals surface area contributed by atoms with Crippen LogP contribution in [0.4, 0.5) is 11.4 Å². The number of hydrogen-bond acceptors (Lipinski definition) is 4. The van der Waals surface area contributed by atoms with E-state index in [1.54, 1.807) is 6.07 Å². The molecule has 6 nitrogen and oxygen atoms in total. The molecule has 114 valence electrons. The van der Waals surface area contributed by atoms with E-state index in [9.17, 15) is 14.9 Å². The van der Waals surface area contributed by atoms with E-state index in [0.29, 0.717) is 5.69 Å². The van der Waals surface area contributed by atoms with Crippen molar-refractivity contribution in [2.75, 3.05) is 11.9 Å². The molecule has 0 aliphatic rings. The van der Waals surface area contributed by atoms with E-state index in [0.717, 1.165) is 3.57 Å². The van der Waals surface area contributed by atoms with E-state index >= 15 is 0 Å². The Morgan fingerprint density at radius 1 is 1.32 bits per heavy atom. The first-order valence-corrected chi connectivity index (χ1v) is 7.54. The standard InChI is InChI=1S/C14H10ClIN2O4/c15-10-7-9(18(20)21)5-6-13(10)22-8-14(19)17-12-4-2-1-3-11(12)16/h1-7H,8H2,(H,17,19). The van der Waals surface area contributed by atoms with Gasteiger partial charge in [-0.25, -0.2) is 0 Å². The molecule has 1 N–H and O–H groups in total. The largest absolute Gasteiger partial charge is 0.482 e. The van der Waals surface area contributed by atoms with Gasteiger partial charge in [-0.15, -0.1) is 0 Å². The molecule has 0 aliphatic heterocycles. The van der Waals surface area contributed by atoms with Crippen molar-refractivity contribution in [3.63, 3.8) is 0 Å². The van der Waals surface area contributed by atoms with Crippen LogP contribution in [0.25, 0.3) is 0 Å². The maximum atomic E-state index is 11.8. The molecule has 0 fully saturated rings. The van der Waals surface area contributed by atoms with Crippen molar-refractivity contribution < 1.29 is 14.5 Å². The summed E-state index contributed by atoms with van der Waals surface area (Å²) in [5, 5.41) is 13.4. The van der Waals surface area contributed by atoms with Gasteiger partial charge in [0.15, 0.2) is 6.61 Å². The van der Waals surface area contributed by atoms with E-state index in [4.69, 9.17) is 16.3 Å². The minimum Gasteiger partial charge on any atom is -0.482 e. The molecule has 0 aromatic heterocycles. The number of ether oxygens (including phenoxy) is 1. The predicted octanol–water partition coefficient (Wildman–Crippen LogP) is 3.87. The number of amides is 1. The number of hydrogen-bond donors (Lipinski definition) is 1. The van der Waals surface area contributed by atoms with Crippen LogP contribution >= 0.6 is 34.2 Å². The Hall–Kier alpha value is -1.87. The number of benzene rings is 2. The number of rotatable bonds is 5. The highest BCUT2D eigenvalue weighted by atomic mass is 127. The number of nitro groups is 1. The number of non-ortho nitro benzene ring substituents is 1. The maximum Gasteiger partial charge on any atom is 0.271 e. The summed E-state index contributed by atoms with van der Waals surface area (Å²) in [6, 6.07) is 11.1. The van der Waals surface area contributed by atoms with Crippen molar-refractivity contribution in [1.29, 1.82) is 0 Å². The van der Waals surface area contributed by atoms with Gasteiger partial charge < -0.3 is 10.1 Å². The van der Waals surface area contributed by atoms with Crippen LogP contribution < -0.4 is 10.1 Å². The number of para-hydroxylation sites is 1. The quantitative estimate of drug-likeness (QED) is 0.442. The van der Waals surface area contributed by atoms with Crippen LogP contribution in [0.5, 0.6) is 5.75 Å². The van der Waals surface area contributed by atoms with Gasteiger partial charge in [-0.05, 0) is 40.8 Å². The van der Waals surface area contributed by atoms with Crippen molar-refractivity contribution in [3.05, 3.63) is 61.2 Å². The van der Waals surface area contributed by atoms with Gasteiger partial charge in [-0.2, -0.15) is 0 Å². The van der Waals surface area contributed by atoms with Gasteiger partial charge in [-0.3, -0.25) is 14.9 Å². The molecule has 0 radical (unpaired) electrons. The zero-order chi connectivity index (χ0) is 16.1. The lowest BCUT2D eigenvalue weighted by Gasteiger charge is -2.09. The van der Waals surface area contributed by atoms with E-state index in [-0.39, 0.29) is 29.0 Å². The lowest BCUT2D eigenvalue weighted by molar-refractivity contribution is -0.384. The number of halogens is 2. The fraction of sp³-hybridized carbons (Fsp3) is 0.0714. The normalized spacial score (nSPS) is 10.1. The van der Waals surface area contributed by atoms with Crippen LogP contribution in [0.15, 0.2) is 42.5 Å². The Balaban J connectivity index is 1.97. The molecule has 0 spiro atoms. The predicted molar refractivity (Wildman–Crippen MR) is 91.4 cm³/mol. The van der Waals surface area contributed by atoms with Crippen LogP contribution in [-0.2, 0) is 4.79 Å². The summed E-state index contributed by atoms with van der Waals surface area (Å²) in [5.74, 6) is -0.135. The molecule has 0 saturated heterocycles. The molecule has 0 atom stereocenters. The molecule has 22 heavy (non-hydrogen) atoms. The van der Waals surface area contributed by atoms with Crippen molar-refractivity contribution in [1.82, 2.24) is 0 Å². The minimum atomic E-state index is -0.556. The fourth-order valence-electron chi connectivity index (χ4n) is 1.61. The van der Waals surface area contributed by atoms with Gasteiger partial charge in [0.05, 0.1) is 15.6 Å². The first kappa shape index (κ1) is 16.5. The zero-order valence-electron chi connectivity index (χ0n) is 11.1. The number of anilines is 1. The van der Waals surface area contributed by atoms with Crippen LogP contribution in [0.1, 0.15) is 0 Å². The third kappa shape index (κ3) is 4.31. The highest BCUT2D eigenvalue weighted by Crippen LogP contribution is 2.28.